The van der Waals surface area contributed by atoms with Gasteiger partial charge in [0, 0.05) is 17.9 Å². The molecule has 3 nitrogen and oxygen atoms in total. The van der Waals surface area contributed by atoms with Crippen molar-refractivity contribution in [1.29, 1.82) is 0 Å². The summed E-state index contributed by atoms with van der Waals surface area (Å²) in [5.74, 6) is 1.75. The lowest BCUT2D eigenvalue weighted by Gasteiger charge is -2.14. The molecule has 4 rings (SSSR count). The second-order valence-corrected chi connectivity index (χ2v) is 8.51. The highest BCUT2D eigenvalue weighted by Crippen LogP contribution is 2.31. The number of hydrogen-bond acceptors (Lipinski definition) is 4. The summed E-state index contributed by atoms with van der Waals surface area (Å²) in [6.07, 6.45) is 0.877. The fraction of sp³-hybridized carbons (Fsp3) is 0.238. The predicted octanol–water partition coefficient (Wildman–Crippen LogP) is 4.79. The standard InChI is InChI=1S/C21H20N2OS2/c1-14-8-9-15(2)16(12-14)13-26-21-22-18-10-11-25-19(18)20(24)23(21)17-6-4-3-5-7-17/h3-9,12H,10-11,13H2,1-2H3. The van der Waals surface area contributed by atoms with Gasteiger partial charge >= 0.3 is 0 Å². The normalized spacial score (nSPS) is 13.0. The number of nitrogens with zero attached hydrogens (tertiary/aromatic N) is 2. The minimum atomic E-state index is 0.0622. The number of para-hydroxylation sites is 1. The van der Waals surface area contributed by atoms with Crippen molar-refractivity contribution < 1.29 is 0 Å². The molecule has 0 spiro atoms. The van der Waals surface area contributed by atoms with Gasteiger partial charge in [-0.2, -0.15) is 0 Å². The molecule has 132 valence electrons. The van der Waals surface area contributed by atoms with Crippen LogP contribution in [-0.2, 0) is 12.2 Å². The number of aromatic nitrogens is 2. The highest BCUT2D eigenvalue weighted by Gasteiger charge is 2.22. The van der Waals surface area contributed by atoms with Crippen molar-refractivity contribution in [2.24, 2.45) is 0 Å². The van der Waals surface area contributed by atoms with Crippen molar-refractivity contribution in [2.45, 2.75) is 36.1 Å². The van der Waals surface area contributed by atoms with Gasteiger partial charge in [0.15, 0.2) is 5.16 Å². The molecule has 0 bridgehead atoms. The molecule has 5 heteroatoms. The van der Waals surface area contributed by atoms with Crippen molar-refractivity contribution in [3.05, 3.63) is 81.3 Å². The third-order valence-corrected chi connectivity index (χ3v) is 6.64. The van der Waals surface area contributed by atoms with E-state index in [4.69, 9.17) is 4.98 Å². The second-order valence-electron chi connectivity index (χ2n) is 6.46. The number of benzene rings is 2. The van der Waals surface area contributed by atoms with E-state index < -0.39 is 0 Å². The van der Waals surface area contributed by atoms with Gasteiger partial charge in [-0.3, -0.25) is 9.36 Å². The molecule has 0 saturated heterocycles. The summed E-state index contributed by atoms with van der Waals surface area (Å²) in [7, 11) is 0. The van der Waals surface area contributed by atoms with E-state index in [0.29, 0.717) is 0 Å². The Morgan fingerprint density at radius 1 is 1.15 bits per heavy atom. The summed E-state index contributed by atoms with van der Waals surface area (Å²) >= 11 is 3.27. The molecule has 3 aromatic rings. The van der Waals surface area contributed by atoms with Gasteiger partial charge in [0.25, 0.3) is 5.56 Å². The first kappa shape index (κ1) is 17.4. The van der Waals surface area contributed by atoms with Crippen LogP contribution in [0.15, 0.2) is 63.4 Å². The van der Waals surface area contributed by atoms with Gasteiger partial charge in [-0.15, -0.1) is 11.8 Å². The number of thioether (sulfide) groups is 2. The first-order valence-electron chi connectivity index (χ1n) is 8.66. The Labute approximate surface area is 161 Å². The molecule has 0 N–H and O–H groups in total. The van der Waals surface area contributed by atoms with E-state index in [0.717, 1.165) is 39.4 Å². The molecule has 1 aliphatic rings. The summed E-state index contributed by atoms with van der Waals surface area (Å²) in [5.41, 5.74) is 5.71. The van der Waals surface area contributed by atoms with Crippen LogP contribution in [0.3, 0.4) is 0 Å². The molecule has 0 fully saturated rings. The van der Waals surface area contributed by atoms with Gasteiger partial charge in [0.05, 0.1) is 16.3 Å². The fourth-order valence-corrected chi connectivity index (χ4v) is 5.21. The number of fused-ring (bicyclic) bond motifs is 1. The van der Waals surface area contributed by atoms with Gasteiger partial charge in [-0.1, -0.05) is 53.7 Å². The number of aryl methyl sites for hydroxylation is 3. The zero-order valence-electron chi connectivity index (χ0n) is 14.9. The van der Waals surface area contributed by atoms with Crippen LogP contribution in [0.2, 0.25) is 0 Å². The molecule has 0 unspecified atom stereocenters. The maximum atomic E-state index is 13.1. The number of rotatable bonds is 4. The summed E-state index contributed by atoms with van der Waals surface area (Å²) in [5, 5.41) is 0.781. The molecule has 0 aliphatic carbocycles. The molecule has 2 heterocycles. The third-order valence-electron chi connectivity index (χ3n) is 4.54. The van der Waals surface area contributed by atoms with E-state index in [1.165, 1.54) is 16.7 Å². The second kappa shape index (κ2) is 7.33. The zero-order chi connectivity index (χ0) is 18.1. The van der Waals surface area contributed by atoms with Gasteiger partial charge in [-0.05, 0) is 37.1 Å². The van der Waals surface area contributed by atoms with Gasteiger partial charge < -0.3 is 0 Å². The lowest BCUT2D eigenvalue weighted by Crippen LogP contribution is -2.23. The summed E-state index contributed by atoms with van der Waals surface area (Å²) in [6, 6.07) is 16.3. The van der Waals surface area contributed by atoms with Crippen molar-refractivity contribution >= 4 is 23.5 Å². The highest BCUT2D eigenvalue weighted by molar-refractivity contribution is 7.99. The molecule has 26 heavy (non-hydrogen) atoms. The lowest BCUT2D eigenvalue weighted by atomic mass is 10.1. The molecule has 0 atom stereocenters. The minimum Gasteiger partial charge on any atom is -0.268 e. The van der Waals surface area contributed by atoms with Crippen LogP contribution >= 0.6 is 23.5 Å². The third kappa shape index (κ3) is 3.33. The topological polar surface area (TPSA) is 34.9 Å². The Bertz CT molecular complexity index is 1010. The van der Waals surface area contributed by atoms with E-state index in [1.807, 2.05) is 30.3 Å². The summed E-state index contributed by atoms with van der Waals surface area (Å²) in [6.45, 7) is 4.24. The maximum Gasteiger partial charge on any atom is 0.272 e. The van der Waals surface area contributed by atoms with Crippen LogP contribution in [0.1, 0.15) is 22.4 Å². The Balaban J connectivity index is 1.77. The average molecular weight is 381 g/mol. The summed E-state index contributed by atoms with van der Waals surface area (Å²) in [4.78, 5) is 18.8. The summed E-state index contributed by atoms with van der Waals surface area (Å²) < 4.78 is 1.77. The van der Waals surface area contributed by atoms with E-state index >= 15 is 0 Å². The Morgan fingerprint density at radius 3 is 2.77 bits per heavy atom. The molecule has 1 aromatic heterocycles. The van der Waals surface area contributed by atoms with Gasteiger partial charge in [0.2, 0.25) is 0 Å². The van der Waals surface area contributed by atoms with Crippen molar-refractivity contribution in [3.8, 4) is 5.69 Å². The molecular weight excluding hydrogens is 360 g/mol. The predicted molar refractivity (Wildman–Crippen MR) is 110 cm³/mol. The van der Waals surface area contributed by atoms with E-state index in [1.54, 1.807) is 28.1 Å². The van der Waals surface area contributed by atoms with Gasteiger partial charge in [-0.25, -0.2) is 4.98 Å². The van der Waals surface area contributed by atoms with Crippen LogP contribution in [0.25, 0.3) is 5.69 Å². The van der Waals surface area contributed by atoms with E-state index in [-0.39, 0.29) is 5.56 Å². The number of hydrogen-bond donors (Lipinski definition) is 0. The van der Waals surface area contributed by atoms with Crippen molar-refractivity contribution in [2.75, 3.05) is 5.75 Å². The molecular formula is C21H20N2OS2. The molecule has 0 amide bonds. The van der Waals surface area contributed by atoms with E-state index in [2.05, 4.69) is 32.0 Å². The SMILES string of the molecule is Cc1ccc(C)c(CSc2nc3c(c(=O)n2-c2ccccc2)SCC3)c1. The Hall–Kier alpha value is -1.98. The van der Waals surface area contributed by atoms with Crippen LogP contribution in [0.4, 0.5) is 0 Å². The highest BCUT2D eigenvalue weighted by atomic mass is 32.2. The van der Waals surface area contributed by atoms with Gasteiger partial charge in [0.1, 0.15) is 0 Å². The monoisotopic (exact) mass is 380 g/mol. The maximum absolute atomic E-state index is 13.1. The minimum absolute atomic E-state index is 0.0622. The lowest BCUT2D eigenvalue weighted by molar-refractivity contribution is 0.739. The molecule has 2 aromatic carbocycles. The van der Waals surface area contributed by atoms with Crippen LogP contribution in [-0.4, -0.2) is 15.3 Å². The van der Waals surface area contributed by atoms with Crippen LogP contribution in [0.5, 0.6) is 0 Å². The quantitative estimate of drug-likeness (QED) is 0.481. The average Bonchev–Trinajstić information content (AvgIpc) is 3.12. The molecule has 1 aliphatic heterocycles. The van der Waals surface area contributed by atoms with Crippen molar-refractivity contribution in [3.63, 3.8) is 0 Å². The Morgan fingerprint density at radius 2 is 1.96 bits per heavy atom. The fourth-order valence-electron chi connectivity index (χ4n) is 3.09. The van der Waals surface area contributed by atoms with E-state index in [9.17, 15) is 4.79 Å². The van der Waals surface area contributed by atoms with Crippen molar-refractivity contribution in [1.82, 2.24) is 9.55 Å². The van der Waals surface area contributed by atoms with Crippen LogP contribution in [0, 0.1) is 13.8 Å². The zero-order valence-corrected chi connectivity index (χ0v) is 16.5. The first-order chi connectivity index (χ1) is 12.6. The largest absolute Gasteiger partial charge is 0.272 e. The first-order valence-corrected chi connectivity index (χ1v) is 10.6. The Kier molecular flexibility index (Phi) is 4.92. The molecule has 0 saturated carbocycles. The molecule has 0 radical (unpaired) electrons. The van der Waals surface area contributed by atoms with Crippen LogP contribution < -0.4 is 5.56 Å². The smallest absolute Gasteiger partial charge is 0.268 e.